The Morgan fingerprint density at radius 3 is 1.59 bits per heavy atom. The Morgan fingerprint density at radius 2 is 1.19 bits per heavy atom. The maximum Gasteiger partial charge on any atom is 0.460 e. The van der Waals surface area contributed by atoms with E-state index in [-0.39, 0.29) is 24.2 Å². The summed E-state index contributed by atoms with van der Waals surface area (Å²) in [4.78, 5) is 12.0. The van der Waals surface area contributed by atoms with Gasteiger partial charge in [-0.15, -0.1) is 0 Å². The molecule has 5 atom stereocenters. The van der Waals surface area contributed by atoms with Crippen molar-refractivity contribution in [2.75, 3.05) is 6.61 Å². The topological polar surface area (TPSA) is 26.3 Å². The molecule has 0 saturated heterocycles. The molecule has 2 aliphatic rings. The summed E-state index contributed by atoms with van der Waals surface area (Å²) in [6, 6.07) is 0. The van der Waals surface area contributed by atoms with Crippen molar-refractivity contribution in [3.8, 4) is 0 Å². The van der Waals surface area contributed by atoms with Gasteiger partial charge in [0.2, 0.25) is 0 Å². The van der Waals surface area contributed by atoms with Crippen LogP contribution < -0.4 is 0 Å². The lowest BCUT2D eigenvalue weighted by Gasteiger charge is -2.39. The van der Waals surface area contributed by atoms with Crippen molar-refractivity contribution in [2.45, 2.75) is 62.5 Å². The summed E-state index contributed by atoms with van der Waals surface area (Å²) in [5, 5.41) is 0. The standard InChI is InChI=1S/C17H17F13O2/c1-6-7(2)9-3-8(6)4-10(9)11(31)32-5-12(18,19)13(20,21)14(22,23)15(24,25)16(26,27)17(28,29)30/h6-10H,3-5H2,1-2H3. The number of ether oxygens (including phenoxy) is 1. The fourth-order valence-corrected chi connectivity index (χ4v) is 4.37. The van der Waals surface area contributed by atoms with Crippen LogP contribution in [0.25, 0.3) is 0 Å². The van der Waals surface area contributed by atoms with Crippen LogP contribution in [0.15, 0.2) is 0 Å². The number of rotatable bonds is 7. The highest BCUT2D eigenvalue weighted by molar-refractivity contribution is 5.73. The van der Waals surface area contributed by atoms with E-state index < -0.39 is 60.2 Å². The molecule has 2 fully saturated rings. The highest BCUT2D eigenvalue weighted by atomic mass is 19.4. The van der Waals surface area contributed by atoms with E-state index in [0.29, 0.717) is 6.42 Å². The van der Waals surface area contributed by atoms with E-state index >= 15 is 0 Å². The first-order valence-corrected chi connectivity index (χ1v) is 9.17. The molecule has 0 aliphatic heterocycles. The molecule has 5 unspecified atom stereocenters. The SMILES string of the molecule is CC1C2CC(C(=O)OCC(F)(F)C(F)(F)C(F)(F)C(F)(F)C(F)(F)C(F)(F)F)C(C2)C1C. The smallest absolute Gasteiger partial charge is 0.459 e. The Kier molecular flexibility index (Phi) is 6.31. The Balaban J connectivity index is 2.20. The van der Waals surface area contributed by atoms with Gasteiger partial charge in [-0.3, -0.25) is 4.79 Å². The first-order chi connectivity index (χ1) is 14.0. The van der Waals surface area contributed by atoms with Gasteiger partial charge in [0.25, 0.3) is 0 Å². The number of fused-ring (bicyclic) bond motifs is 2. The third-order valence-electron chi connectivity index (χ3n) is 6.59. The summed E-state index contributed by atoms with van der Waals surface area (Å²) < 4.78 is 174. The monoisotopic (exact) mass is 500 g/mol. The van der Waals surface area contributed by atoms with Crippen molar-refractivity contribution in [3.63, 3.8) is 0 Å². The second-order valence-electron chi connectivity index (χ2n) is 8.33. The minimum absolute atomic E-state index is 0.0258. The third-order valence-corrected chi connectivity index (χ3v) is 6.59. The molecule has 2 saturated carbocycles. The van der Waals surface area contributed by atoms with Crippen molar-refractivity contribution >= 4 is 5.97 Å². The Morgan fingerprint density at radius 1 is 0.719 bits per heavy atom. The Hall–Kier alpha value is -1.44. The zero-order chi connectivity index (χ0) is 25.3. The molecule has 2 aliphatic carbocycles. The van der Waals surface area contributed by atoms with Gasteiger partial charge in [-0.1, -0.05) is 13.8 Å². The van der Waals surface area contributed by atoms with Crippen LogP contribution >= 0.6 is 0 Å². The second kappa shape index (κ2) is 7.54. The molecular weight excluding hydrogens is 483 g/mol. The van der Waals surface area contributed by atoms with Crippen LogP contribution in [-0.4, -0.2) is 48.4 Å². The van der Waals surface area contributed by atoms with Crippen LogP contribution in [0.2, 0.25) is 0 Å². The first-order valence-electron chi connectivity index (χ1n) is 9.17. The van der Waals surface area contributed by atoms with Crippen molar-refractivity contribution in [2.24, 2.45) is 29.6 Å². The lowest BCUT2D eigenvalue weighted by molar-refractivity contribution is -0.441. The van der Waals surface area contributed by atoms with E-state index in [1.165, 1.54) is 0 Å². The first kappa shape index (κ1) is 26.8. The number of esters is 1. The van der Waals surface area contributed by atoms with Crippen molar-refractivity contribution in [3.05, 3.63) is 0 Å². The van der Waals surface area contributed by atoms with Crippen LogP contribution in [-0.2, 0) is 9.53 Å². The van der Waals surface area contributed by atoms with Gasteiger partial charge >= 0.3 is 41.8 Å². The van der Waals surface area contributed by atoms with Gasteiger partial charge in [0.1, 0.15) is 0 Å². The molecule has 0 heterocycles. The quantitative estimate of drug-likeness (QED) is 0.308. The molecule has 0 aromatic carbocycles. The molecule has 0 aromatic heterocycles. The van der Waals surface area contributed by atoms with Crippen LogP contribution in [0.5, 0.6) is 0 Å². The maximum atomic E-state index is 13.7. The van der Waals surface area contributed by atoms with E-state index in [4.69, 9.17) is 0 Å². The molecule has 0 N–H and O–H groups in total. The fourth-order valence-electron chi connectivity index (χ4n) is 4.37. The third kappa shape index (κ3) is 3.61. The Bertz CT molecular complexity index is 728. The van der Waals surface area contributed by atoms with Gasteiger partial charge in [0.15, 0.2) is 6.61 Å². The van der Waals surface area contributed by atoms with Crippen LogP contribution in [0.3, 0.4) is 0 Å². The largest absolute Gasteiger partial charge is 0.460 e. The number of hydrogen-bond acceptors (Lipinski definition) is 2. The predicted octanol–water partition coefficient (Wildman–Crippen LogP) is 6.20. The minimum Gasteiger partial charge on any atom is -0.459 e. The van der Waals surface area contributed by atoms with Gasteiger partial charge < -0.3 is 4.74 Å². The summed E-state index contributed by atoms with van der Waals surface area (Å²) in [6.45, 7) is 0.644. The van der Waals surface area contributed by atoms with Gasteiger partial charge in [-0.25, -0.2) is 0 Å². The molecule has 0 spiro atoms. The van der Waals surface area contributed by atoms with Crippen LogP contribution in [0.1, 0.15) is 26.7 Å². The molecule has 0 aromatic rings. The molecule has 2 nitrogen and oxygen atoms in total. The van der Waals surface area contributed by atoms with E-state index in [2.05, 4.69) is 4.74 Å². The summed E-state index contributed by atoms with van der Waals surface area (Å²) in [5.41, 5.74) is 0. The van der Waals surface area contributed by atoms with E-state index in [9.17, 15) is 61.9 Å². The van der Waals surface area contributed by atoms with E-state index in [0.717, 1.165) is 0 Å². The number of carbonyl (C=O) groups is 1. The zero-order valence-corrected chi connectivity index (χ0v) is 16.2. The molecular formula is C17H17F13O2. The highest BCUT2D eigenvalue weighted by Crippen LogP contribution is 2.60. The molecule has 0 radical (unpaired) electrons. The molecule has 32 heavy (non-hydrogen) atoms. The molecule has 188 valence electrons. The summed E-state index contributed by atoms with van der Waals surface area (Å²) in [7, 11) is 0. The van der Waals surface area contributed by atoms with E-state index in [1.807, 2.05) is 6.92 Å². The van der Waals surface area contributed by atoms with Gasteiger partial charge in [0.05, 0.1) is 5.92 Å². The summed E-state index contributed by atoms with van der Waals surface area (Å²) in [5.74, 6) is -40.4. The molecule has 0 amide bonds. The number of halogens is 13. The molecule has 2 bridgehead atoms. The molecule has 15 heteroatoms. The van der Waals surface area contributed by atoms with Crippen LogP contribution in [0.4, 0.5) is 57.1 Å². The fraction of sp³-hybridized carbons (Fsp3) is 0.941. The van der Waals surface area contributed by atoms with Gasteiger partial charge in [0, 0.05) is 0 Å². The summed E-state index contributed by atoms with van der Waals surface area (Å²) in [6.07, 6.45) is -6.87. The van der Waals surface area contributed by atoms with Crippen molar-refractivity contribution < 1.29 is 66.6 Å². The lowest BCUT2D eigenvalue weighted by Crippen LogP contribution is -2.70. The average molecular weight is 500 g/mol. The molecule has 2 rings (SSSR count). The average Bonchev–Trinajstić information content (AvgIpc) is 3.18. The summed E-state index contributed by atoms with van der Waals surface area (Å²) >= 11 is 0. The van der Waals surface area contributed by atoms with Crippen LogP contribution in [0, 0.1) is 29.6 Å². The predicted molar refractivity (Wildman–Crippen MR) is 79.8 cm³/mol. The highest BCUT2D eigenvalue weighted by Gasteiger charge is 2.90. The van der Waals surface area contributed by atoms with Crippen molar-refractivity contribution in [1.29, 1.82) is 0 Å². The normalized spacial score (nSPS) is 30.0. The minimum atomic E-state index is -7.97. The number of alkyl halides is 13. The Labute approximate surface area is 172 Å². The maximum absolute atomic E-state index is 13.7. The number of carbonyl (C=O) groups excluding carboxylic acids is 1. The van der Waals surface area contributed by atoms with Crippen molar-refractivity contribution in [1.82, 2.24) is 0 Å². The lowest BCUT2D eigenvalue weighted by atomic mass is 9.76. The number of hydrogen-bond donors (Lipinski definition) is 0. The van der Waals surface area contributed by atoms with Gasteiger partial charge in [-0.2, -0.15) is 57.1 Å². The second-order valence-corrected chi connectivity index (χ2v) is 8.33. The zero-order valence-electron chi connectivity index (χ0n) is 16.2. The van der Waals surface area contributed by atoms with Gasteiger partial charge in [-0.05, 0) is 36.5 Å². The van der Waals surface area contributed by atoms with E-state index in [1.54, 1.807) is 6.92 Å².